The first-order chi connectivity index (χ1) is 18.6. The molecule has 1 fully saturated rings. The van der Waals surface area contributed by atoms with Crippen molar-refractivity contribution in [2.75, 3.05) is 13.2 Å². The van der Waals surface area contributed by atoms with Crippen LogP contribution in [0.5, 0.6) is 5.75 Å². The van der Waals surface area contributed by atoms with E-state index in [1.54, 1.807) is 13.0 Å². The summed E-state index contributed by atoms with van der Waals surface area (Å²) in [6, 6.07) is 27.7. The van der Waals surface area contributed by atoms with Crippen molar-refractivity contribution < 1.29 is 18.3 Å². The van der Waals surface area contributed by atoms with E-state index in [2.05, 4.69) is 60.7 Å². The number of rotatable bonds is 7. The molecule has 0 radical (unpaired) electrons. The third kappa shape index (κ3) is 5.56. The van der Waals surface area contributed by atoms with Crippen molar-refractivity contribution in [3.05, 3.63) is 114 Å². The molecule has 1 heterocycles. The summed E-state index contributed by atoms with van der Waals surface area (Å²) in [6.45, 7) is 4.82. The lowest BCUT2D eigenvalue weighted by molar-refractivity contribution is 0.0326. The minimum Gasteiger partial charge on any atom is -0.491 e. The van der Waals surface area contributed by atoms with E-state index >= 15 is 0 Å². The number of benzene rings is 4. The Morgan fingerprint density at radius 2 is 1.29 bits per heavy atom. The maximum absolute atomic E-state index is 14.6. The zero-order valence-electron chi connectivity index (χ0n) is 21.8. The smallest absolute Gasteiger partial charge is 0.201 e. The first kappa shape index (κ1) is 25.9. The van der Waals surface area contributed by atoms with Gasteiger partial charge in [0.2, 0.25) is 5.82 Å². The van der Waals surface area contributed by atoms with Crippen LogP contribution in [0, 0.1) is 11.6 Å². The topological polar surface area (TPSA) is 18.5 Å². The highest BCUT2D eigenvalue weighted by atomic mass is 19.2. The van der Waals surface area contributed by atoms with Gasteiger partial charge in [0, 0.05) is 11.5 Å². The van der Waals surface area contributed by atoms with E-state index in [1.807, 2.05) is 31.2 Å². The van der Waals surface area contributed by atoms with Gasteiger partial charge >= 0.3 is 0 Å². The number of ether oxygens (including phenoxy) is 2. The molecule has 1 aliphatic heterocycles. The predicted molar refractivity (Wildman–Crippen MR) is 150 cm³/mol. The van der Waals surface area contributed by atoms with Gasteiger partial charge < -0.3 is 9.47 Å². The first-order valence-corrected chi connectivity index (χ1v) is 13.2. The quantitative estimate of drug-likeness (QED) is 0.231. The van der Waals surface area contributed by atoms with E-state index < -0.39 is 11.6 Å². The van der Waals surface area contributed by atoms with Crippen molar-refractivity contribution >= 4 is 0 Å². The molecule has 0 spiro atoms. The number of allylic oxidation sites excluding steroid dienone is 1. The Balaban J connectivity index is 1.27. The van der Waals surface area contributed by atoms with E-state index in [9.17, 15) is 8.78 Å². The van der Waals surface area contributed by atoms with Crippen LogP contribution in [0.4, 0.5) is 8.78 Å². The molecule has 2 atom stereocenters. The van der Waals surface area contributed by atoms with Gasteiger partial charge in [-0.1, -0.05) is 84.9 Å². The molecule has 0 aliphatic carbocycles. The van der Waals surface area contributed by atoms with Gasteiger partial charge in [0.25, 0.3) is 0 Å². The summed E-state index contributed by atoms with van der Waals surface area (Å²) in [5.74, 6) is -1.47. The van der Waals surface area contributed by atoms with Crippen molar-refractivity contribution in [2.45, 2.75) is 38.7 Å². The average Bonchev–Trinajstić information content (AvgIpc) is 2.97. The third-order valence-electron chi connectivity index (χ3n) is 7.19. The number of hydrogen-bond acceptors (Lipinski definition) is 2. The molecule has 2 unspecified atom stereocenters. The highest BCUT2D eigenvalue weighted by Crippen LogP contribution is 2.33. The molecule has 0 N–H and O–H groups in total. The first-order valence-electron chi connectivity index (χ1n) is 13.2. The molecule has 5 rings (SSSR count). The SMILES string of the molecule is C/C=C/C1CCC(c2ccc(-c3ccc(-c4ccc(-c5ccc(OCC)c(F)c5F)cc4)cc3)cc2)CO1. The van der Waals surface area contributed by atoms with Crippen LogP contribution in [-0.4, -0.2) is 19.3 Å². The van der Waals surface area contributed by atoms with Gasteiger partial charge in [0.05, 0.1) is 19.3 Å². The molecule has 0 aromatic heterocycles. The number of halogens is 2. The van der Waals surface area contributed by atoms with Gasteiger partial charge in [0.1, 0.15) is 0 Å². The maximum atomic E-state index is 14.6. The maximum Gasteiger partial charge on any atom is 0.201 e. The summed E-state index contributed by atoms with van der Waals surface area (Å²) in [5, 5.41) is 0. The lowest BCUT2D eigenvalue weighted by atomic mass is 9.90. The van der Waals surface area contributed by atoms with E-state index in [4.69, 9.17) is 9.47 Å². The van der Waals surface area contributed by atoms with E-state index in [0.717, 1.165) is 36.1 Å². The third-order valence-corrected chi connectivity index (χ3v) is 7.19. The highest BCUT2D eigenvalue weighted by Gasteiger charge is 2.21. The van der Waals surface area contributed by atoms with Crippen LogP contribution in [0.1, 0.15) is 38.2 Å². The minimum atomic E-state index is -0.956. The van der Waals surface area contributed by atoms with Crippen molar-refractivity contribution in [1.29, 1.82) is 0 Å². The summed E-state index contributed by atoms with van der Waals surface area (Å²) in [4.78, 5) is 0. The second kappa shape index (κ2) is 11.7. The Bertz CT molecular complexity index is 1380. The number of hydrogen-bond donors (Lipinski definition) is 0. The standard InChI is InChI=1S/C34H32F2O2/c1-3-5-30-19-18-29(22-38-30)27-12-10-25(11-13-27)23-6-8-24(9-7-23)26-14-16-28(17-15-26)31-20-21-32(37-4-2)34(36)33(31)35/h3,5-17,20-21,29-30H,4,18-19,22H2,1-2H3/b5-3+. The second-order valence-corrected chi connectivity index (χ2v) is 9.62. The van der Waals surface area contributed by atoms with Gasteiger partial charge in [0.15, 0.2) is 11.6 Å². The lowest BCUT2D eigenvalue weighted by Crippen LogP contribution is -2.23. The summed E-state index contributed by atoms with van der Waals surface area (Å²) in [6.07, 6.45) is 6.65. The largest absolute Gasteiger partial charge is 0.491 e. The van der Waals surface area contributed by atoms with Gasteiger partial charge in [-0.15, -0.1) is 0 Å². The van der Waals surface area contributed by atoms with Crippen LogP contribution in [0.25, 0.3) is 33.4 Å². The lowest BCUT2D eigenvalue weighted by Gasteiger charge is -2.27. The summed E-state index contributed by atoms with van der Waals surface area (Å²) in [5.41, 5.74) is 6.55. The van der Waals surface area contributed by atoms with Gasteiger partial charge in [-0.25, -0.2) is 4.39 Å². The van der Waals surface area contributed by atoms with E-state index in [-0.39, 0.29) is 24.0 Å². The Kier molecular flexibility index (Phi) is 8.00. The normalized spacial score (nSPS) is 17.6. The molecule has 0 saturated carbocycles. The molecule has 1 saturated heterocycles. The summed E-state index contributed by atoms with van der Waals surface area (Å²) < 4.78 is 40.1. The Morgan fingerprint density at radius 1 is 0.737 bits per heavy atom. The summed E-state index contributed by atoms with van der Waals surface area (Å²) >= 11 is 0. The van der Waals surface area contributed by atoms with Crippen LogP contribution < -0.4 is 4.74 Å². The van der Waals surface area contributed by atoms with Crippen LogP contribution in [0.2, 0.25) is 0 Å². The van der Waals surface area contributed by atoms with Crippen LogP contribution in [-0.2, 0) is 4.74 Å². The monoisotopic (exact) mass is 510 g/mol. The zero-order valence-corrected chi connectivity index (χ0v) is 21.8. The zero-order chi connectivity index (χ0) is 26.5. The van der Waals surface area contributed by atoms with Crippen molar-refractivity contribution in [2.24, 2.45) is 0 Å². The fraction of sp³-hybridized carbons (Fsp3) is 0.235. The Hall–Kier alpha value is -3.76. The molecule has 4 aromatic rings. The fourth-order valence-corrected chi connectivity index (χ4v) is 5.07. The Labute approximate surface area is 223 Å². The van der Waals surface area contributed by atoms with Gasteiger partial charge in [-0.05, 0) is 72.2 Å². The van der Waals surface area contributed by atoms with Gasteiger partial charge in [-0.3, -0.25) is 0 Å². The summed E-state index contributed by atoms with van der Waals surface area (Å²) in [7, 11) is 0. The van der Waals surface area contributed by atoms with Gasteiger partial charge in [-0.2, -0.15) is 4.39 Å². The van der Waals surface area contributed by atoms with Crippen LogP contribution >= 0.6 is 0 Å². The van der Waals surface area contributed by atoms with Crippen LogP contribution in [0.3, 0.4) is 0 Å². The van der Waals surface area contributed by atoms with Crippen molar-refractivity contribution in [3.8, 4) is 39.1 Å². The molecule has 4 heteroatoms. The predicted octanol–water partition coefficient (Wildman–Crippen LogP) is 9.20. The average molecular weight is 511 g/mol. The molecular weight excluding hydrogens is 478 g/mol. The molecule has 4 aromatic carbocycles. The van der Waals surface area contributed by atoms with E-state index in [0.29, 0.717) is 11.5 Å². The van der Waals surface area contributed by atoms with E-state index in [1.165, 1.54) is 17.2 Å². The minimum absolute atomic E-state index is 0.0682. The Morgan fingerprint density at radius 3 is 1.79 bits per heavy atom. The molecule has 194 valence electrons. The highest BCUT2D eigenvalue weighted by molar-refractivity contribution is 5.73. The van der Waals surface area contributed by atoms with Crippen molar-refractivity contribution in [1.82, 2.24) is 0 Å². The molecule has 0 bridgehead atoms. The fourth-order valence-electron chi connectivity index (χ4n) is 5.07. The van der Waals surface area contributed by atoms with Crippen LogP contribution in [0.15, 0.2) is 97.1 Å². The molecule has 38 heavy (non-hydrogen) atoms. The molecule has 0 amide bonds. The molecular formula is C34H32F2O2. The molecule has 1 aliphatic rings. The van der Waals surface area contributed by atoms with Crippen molar-refractivity contribution in [3.63, 3.8) is 0 Å². The second-order valence-electron chi connectivity index (χ2n) is 9.62. The molecule has 2 nitrogen and oxygen atoms in total.